The molecule has 0 fully saturated rings. The zero-order chi connectivity index (χ0) is 15.7. The molecule has 0 radical (unpaired) electrons. The number of carbonyl (C=O) groups is 1. The van der Waals surface area contributed by atoms with Crippen LogP contribution < -0.4 is 15.4 Å². The number of hydrogen-bond donors (Lipinski definition) is 2. The van der Waals surface area contributed by atoms with Gasteiger partial charge in [0.05, 0.1) is 12.3 Å². The molecule has 0 aliphatic rings. The zero-order valence-corrected chi connectivity index (χ0v) is 13.4. The van der Waals surface area contributed by atoms with E-state index in [0.29, 0.717) is 31.1 Å². The van der Waals surface area contributed by atoms with Gasteiger partial charge in [0.25, 0.3) is 0 Å². The SMILES string of the molecule is CCNC(C)CC(=O)Nc1ccc(C)cc1OCCOC. The zero-order valence-electron chi connectivity index (χ0n) is 13.4. The van der Waals surface area contributed by atoms with Crippen molar-refractivity contribution in [1.29, 1.82) is 0 Å². The molecule has 0 aliphatic heterocycles. The molecule has 1 amide bonds. The number of amides is 1. The van der Waals surface area contributed by atoms with Crippen molar-refractivity contribution in [3.05, 3.63) is 23.8 Å². The first-order chi connectivity index (χ1) is 10.1. The van der Waals surface area contributed by atoms with Crippen molar-refractivity contribution in [2.24, 2.45) is 0 Å². The third kappa shape index (κ3) is 6.60. The van der Waals surface area contributed by atoms with Gasteiger partial charge in [-0.2, -0.15) is 0 Å². The lowest BCUT2D eigenvalue weighted by Crippen LogP contribution is -2.30. The van der Waals surface area contributed by atoms with Gasteiger partial charge in [-0.05, 0) is 38.1 Å². The summed E-state index contributed by atoms with van der Waals surface area (Å²) >= 11 is 0. The van der Waals surface area contributed by atoms with Gasteiger partial charge in [-0.1, -0.05) is 13.0 Å². The summed E-state index contributed by atoms with van der Waals surface area (Å²) in [6, 6.07) is 5.89. The van der Waals surface area contributed by atoms with Gasteiger partial charge in [0, 0.05) is 19.6 Å². The minimum atomic E-state index is -0.0242. The smallest absolute Gasteiger partial charge is 0.226 e. The van der Waals surface area contributed by atoms with Crippen LogP contribution in [0.2, 0.25) is 0 Å². The van der Waals surface area contributed by atoms with Crippen molar-refractivity contribution in [2.75, 3.05) is 32.2 Å². The lowest BCUT2D eigenvalue weighted by atomic mass is 10.2. The average Bonchev–Trinajstić information content (AvgIpc) is 2.42. The van der Waals surface area contributed by atoms with Crippen LogP contribution in [0, 0.1) is 6.92 Å². The van der Waals surface area contributed by atoms with Crippen molar-refractivity contribution >= 4 is 11.6 Å². The summed E-state index contributed by atoms with van der Waals surface area (Å²) in [5, 5.41) is 6.13. The predicted molar refractivity (Wildman–Crippen MR) is 84.9 cm³/mol. The number of hydrogen-bond acceptors (Lipinski definition) is 4. The summed E-state index contributed by atoms with van der Waals surface area (Å²) in [5.41, 5.74) is 1.78. The largest absolute Gasteiger partial charge is 0.489 e. The number of benzene rings is 1. The summed E-state index contributed by atoms with van der Waals surface area (Å²) in [7, 11) is 1.63. The van der Waals surface area contributed by atoms with Gasteiger partial charge in [-0.3, -0.25) is 4.79 Å². The van der Waals surface area contributed by atoms with Crippen molar-refractivity contribution in [1.82, 2.24) is 5.32 Å². The quantitative estimate of drug-likeness (QED) is 0.686. The Kier molecular flexibility index (Phi) is 7.79. The molecule has 2 N–H and O–H groups in total. The number of methoxy groups -OCH3 is 1. The molecule has 1 unspecified atom stereocenters. The van der Waals surface area contributed by atoms with Gasteiger partial charge in [-0.25, -0.2) is 0 Å². The first-order valence-corrected chi connectivity index (χ1v) is 7.32. The average molecular weight is 294 g/mol. The van der Waals surface area contributed by atoms with Crippen molar-refractivity contribution in [2.45, 2.75) is 33.2 Å². The molecule has 118 valence electrons. The van der Waals surface area contributed by atoms with Gasteiger partial charge in [-0.15, -0.1) is 0 Å². The fourth-order valence-corrected chi connectivity index (χ4v) is 1.99. The lowest BCUT2D eigenvalue weighted by molar-refractivity contribution is -0.116. The second-order valence-electron chi connectivity index (χ2n) is 5.05. The second-order valence-corrected chi connectivity index (χ2v) is 5.05. The molecule has 1 atom stereocenters. The van der Waals surface area contributed by atoms with Gasteiger partial charge in [0.2, 0.25) is 5.91 Å². The topological polar surface area (TPSA) is 59.6 Å². The minimum absolute atomic E-state index is 0.0242. The van der Waals surface area contributed by atoms with E-state index < -0.39 is 0 Å². The Balaban J connectivity index is 2.66. The summed E-state index contributed by atoms with van der Waals surface area (Å²) in [5.74, 6) is 0.653. The van der Waals surface area contributed by atoms with E-state index in [2.05, 4.69) is 10.6 Å². The van der Waals surface area contributed by atoms with E-state index in [9.17, 15) is 4.79 Å². The number of rotatable bonds is 9. The fraction of sp³-hybridized carbons (Fsp3) is 0.562. The summed E-state index contributed by atoms with van der Waals surface area (Å²) in [6.07, 6.45) is 0.430. The second kappa shape index (κ2) is 9.37. The maximum absolute atomic E-state index is 12.0. The molecule has 0 saturated heterocycles. The van der Waals surface area contributed by atoms with Crippen LogP contribution in [0.3, 0.4) is 0 Å². The van der Waals surface area contributed by atoms with Gasteiger partial charge in [0.1, 0.15) is 12.4 Å². The number of carbonyl (C=O) groups excluding carboxylic acids is 1. The van der Waals surface area contributed by atoms with E-state index in [0.717, 1.165) is 12.1 Å². The maximum atomic E-state index is 12.0. The molecule has 0 aromatic heterocycles. The minimum Gasteiger partial charge on any atom is -0.489 e. The third-order valence-corrected chi connectivity index (χ3v) is 3.00. The van der Waals surface area contributed by atoms with Crippen LogP contribution in [-0.2, 0) is 9.53 Å². The van der Waals surface area contributed by atoms with Gasteiger partial charge < -0.3 is 20.1 Å². The van der Waals surface area contributed by atoms with Crippen molar-refractivity contribution in [3.8, 4) is 5.75 Å². The van der Waals surface area contributed by atoms with Crippen LogP contribution in [0.4, 0.5) is 5.69 Å². The Morgan fingerprint density at radius 3 is 2.76 bits per heavy atom. The van der Waals surface area contributed by atoms with Crippen molar-refractivity contribution < 1.29 is 14.3 Å². The van der Waals surface area contributed by atoms with E-state index in [1.165, 1.54) is 0 Å². The van der Waals surface area contributed by atoms with Crippen LogP contribution in [0.25, 0.3) is 0 Å². The van der Waals surface area contributed by atoms with Crippen LogP contribution in [-0.4, -0.2) is 38.8 Å². The van der Waals surface area contributed by atoms with E-state index in [-0.39, 0.29) is 11.9 Å². The highest BCUT2D eigenvalue weighted by Gasteiger charge is 2.11. The Morgan fingerprint density at radius 2 is 2.10 bits per heavy atom. The molecule has 0 spiro atoms. The first-order valence-electron chi connectivity index (χ1n) is 7.32. The summed E-state index contributed by atoms with van der Waals surface area (Å²) in [4.78, 5) is 12.0. The Morgan fingerprint density at radius 1 is 1.33 bits per heavy atom. The summed E-state index contributed by atoms with van der Waals surface area (Å²) < 4.78 is 10.6. The molecular weight excluding hydrogens is 268 g/mol. The van der Waals surface area contributed by atoms with Crippen LogP contribution in [0.5, 0.6) is 5.75 Å². The van der Waals surface area contributed by atoms with E-state index in [1.807, 2.05) is 39.0 Å². The molecule has 0 bridgehead atoms. The lowest BCUT2D eigenvalue weighted by Gasteiger charge is -2.15. The Hall–Kier alpha value is -1.59. The van der Waals surface area contributed by atoms with Crippen LogP contribution in [0.1, 0.15) is 25.8 Å². The van der Waals surface area contributed by atoms with Gasteiger partial charge in [0.15, 0.2) is 0 Å². The molecular formula is C16H26N2O3. The number of nitrogens with one attached hydrogen (secondary N) is 2. The van der Waals surface area contributed by atoms with E-state index >= 15 is 0 Å². The number of anilines is 1. The highest BCUT2D eigenvalue weighted by atomic mass is 16.5. The highest BCUT2D eigenvalue weighted by Crippen LogP contribution is 2.26. The molecule has 5 nitrogen and oxygen atoms in total. The van der Waals surface area contributed by atoms with Gasteiger partial charge >= 0.3 is 0 Å². The standard InChI is InChI=1S/C16H26N2O3/c1-5-17-13(3)11-16(19)18-14-7-6-12(2)10-15(14)21-9-8-20-4/h6-7,10,13,17H,5,8-9,11H2,1-4H3,(H,18,19). The predicted octanol–water partition coefficient (Wildman–Crippen LogP) is 2.35. The Bertz CT molecular complexity index is 449. The molecule has 0 saturated carbocycles. The molecule has 1 aromatic carbocycles. The summed E-state index contributed by atoms with van der Waals surface area (Å²) in [6.45, 7) is 7.83. The number of ether oxygens (including phenoxy) is 2. The molecule has 1 rings (SSSR count). The van der Waals surface area contributed by atoms with Crippen LogP contribution in [0.15, 0.2) is 18.2 Å². The third-order valence-electron chi connectivity index (χ3n) is 3.00. The molecule has 0 heterocycles. The normalized spacial score (nSPS) is 12.0. The molecule has 0 aliphatic carbocycles. The van der Waals surface area contributed by atoms with Crippen molar-refractivity contribution in [3.63, 3.8) is 0 Å². The highest BCUT2D eigenvalue weighted by molar-refractivity contribution is 5.92. The monoisotopic (exact) mass is 294 g/mol. The molecule has 5 heteroatoms. The van der Waals surface area contributed by atoms with Crippen LogP contribution >= 0.6 is 0 Å². The molecule has 21 heavy (non-hydrogen) atoms. The number of aryl methyl sites for hydroxylation is 1. The van der Waals surface area contributed by atoms with E-state index in [4.69, 9.17) is 9.47 Å². The molecule has 1 aromatic rings. The maximum Gasteiger partial charge on any atom is 0.226 e. The Labute approximate surface area is 127 Å². The fourth-order valence-electron chi connectivity index (χ4n) is 1.99. The first kappa shape index (κ1) is 17.5. The van der Waals surface area contributed by atoms with E-state index in [1.54, 1.807) is 7.11 Å².